The van der Waals surface area contributed by atoms with Crippen molar-refractivity contribution in [2.24, 2.45) is 11.8 Å². The summed E-state index contributed by atoms with van der Waals surface area (Å²) in [6.07, 6.45) is 4.77. The van der Waals surface area contributed by atoms with Gasteiger partial charge in [0.1, 0.15) is 0 Å². The molecule has 1 atom stereocenters. The number of methoxy groups -OCH3 is 1. The van der Waals surface area contributed by atoms with E-state index in [0.717, 1.165) is 44.5 Å². The molecular formula is C21H25N3O. The molecule has 130 valence electrons. The summed E-state index contributed by atoms with van der Waals surface area (Å²) in [6.45, 7) is 2.91. The lowest BCUT2D eigenvalue weighted by Gasteiger charge is -2.34. The molecule has 1 aromatic heterocycles. The first-order valence-corrected chi connectivity index (χ1v) is 8.94. The Bertz CT molecular complexity index is 703. The van der Waals surface area contributed by atoms with E-state index >= 15 is 0 Å². The number of nitriles is 1. The highest BCUT2D eigenvalue weighted by Crippen LogP contribution is 2.29. The number of hydrogen-bond acceptors (Lipinski definition) is 4. The van der Waals surface area contributed by atoms with Gasteiger partial charge in [-0.3, -0.25) is 4.90 Å². The normalized spacial score (nSPS) is 17.0. The van der Waals surface area contributed by atoms with E-state index < -0.39 is 0 Å². The molecule has 4 heteroatoms. The van der Waals surface area contributed by atoms with Crippen molar-refractivity contribution in [1.82, 2.24) is 9.88 Å². The van der Waals surface area contributed by atoms with Gasteiger partial charge < -0.3 is 4.74 Å². The van der Waals surface area contributed by atoms with Crippen LogP contribution in [0.3, 0.4) is 0 Å². The Labute approximate surface area is 150 Å². The fourth-order valence-electron chi connectivity index (χ4n) is 3.67. The van der Waals surface area contributed by atoms with Gasteiger partial charge in [0.05, 0.1) is 19.1 Å². The monoisotopic (exact) mass is 335 g/mol. The number of nitrogens with zero attached hydrogens (tertiary/aromatic N) is 3. The Morgan fingerprint density at radius 2 is 1.96 bits per heavy atom. The molecule has 1 fully saturated rings. The van der Waals surface area contributed by atoms with E-state index in [1.807, 2.05) is 24.3 Å². The first kappa shape index (κ1) is 17.4. The third-order valence-electron chi connectivity index (χ3n) is 5.10. The third kappa shape index (κ3) is 4.58. The summed E-state index contributed by atoms with van der Waals surface area (Å²) in [5, 5.41) is 9.62. The molecule has 2 heterocycles. The number of likely N-dealkylation sites (tertiary alicyclic amines) is 1. The molecule has 25 heavy (non-hydrogen) atoms. The Hall–Kier alpha value is -2.38. The summed E-state index contributed by atoms with van der Waals surface area (Å²) in [4.78, 5) is 6.71. The van der Waals surface area contributed by atoms with Crippen molar-refractivity contribution < 1.29 is 4.74 Å². The summed E-state index contributed by atoms with van der Waals surface area (Å²) in [5.41, 5.74) is 2.39. The molecule has 4 nitrogen and oxygen atoms in total. The maximum Gasteiger partial charge on any atom is 0.217 e. The first-order chi connectivity index (χ1) is 12.3. The lowest BCUT2D eigenvalue weighted by molar-refractivity contribution is 0.154. The minimum absolute atomic E-state index is 0.109. The maximum absolute atomic E-state index is 9.62. The average Bonchev–Trinajstić information content (AvgIpc) is 2.68. The van der Waals surface area contributed by atoms with Gasteiger partial charge in [-0.05, 0) is 49.9 Å². The molecule has 1 unspecified atom stereocenters. The van der Waals surface area contributed by atoms with Crippen molar-refractivity contribution in [3.63, 3.8) is 0 Å². The van der Waals surface area contributed by atoms with E-state index in [4.69, 9.17) is 4.74 Å². The van der Waals surface area contributed by atoms with Gasteiger partial charge in [0.25, 0.3) is 0 Å². The maximum atomic E-state index is 9.62. The quantitative estimate of drug-likeness (QED) is 0.808. The van der Waals surface area contributed by atoms with Crippen LogP contribution >= 0.6 is 0 Å². The van der Waals surface area contributed by atoms with Crippen molar-refractivity contribution in [1.29, 1.82) is 5.26 Å². The number of ether oxygens (including phenoxy) is 1. The van der Waals surface area contributed by atoms with E-state index in [1.165, 1.54) is 5.56 Å². The van der Waals surface area contributed by atoms with Gasteiger partial charge in [0.15, 0.2) is 0 Å². The highest BCUT2D eigenvalue weighted by atomic mass is 16.5. The molecule has 1 aliphatic rings. The van der Waals surface area contributed by atoms with Gasteiger partial charge in [-0.25, -0.2) is 4.98 Å². The lowest BCUT2D eigenvalue weighted by atomic mass is 9.81. The molecular weight excluding hydrogens is 310 g/mol. The van der Waals surface area contributed by atoms with Crippen molar-refractivity contribution in [2.75, 3.05) is 20.2 Å². The van der Waals surface area contributed by atoms with Gasteiger partial charge in [0.2, 0.25) is 5.88 Å². The zero-order chi connectivity index (χ0) is 17.5. The number of piperidine rings is 1. The molecule has 0 aliphatic carbocycles. The van der Waals surface area contributed by atoms with Crippen molar-refractivity contribution >= 4 is 0 Å². The Kier molecular flexibility index (Phi) is 6.03. The molecule has 1 saturated heterocycles. The molecule has 1 aliphatic heterocycles. The molecule has 0 bridgehead atoms. The van der Waals surface area contributed by atoms with Crippen LogP contribution < -0.4 is 4.74 Å². The zero-order valence-electron chi connectivity index (χ0n) is 14.8. The molecule has 0 amide bonds. The summed E-state index contributed by atoms with van der Waals surface area (Å²) in [5.74, 6) is 1.30. The molecule has 0 N–H and O–H groups in total. The first-order valence-electron chi connectivity index (χ1n) is 8.94. The van der Waals surface area contributed by atoms with E-state index in [0.29, 0.717) is 11.8 Å². The van der Waals surface area contributed by atoms with Crippen LogP contribution in [0.5, 0.6) is 5.88 Å². The van der Waals surface area contributed by atoms with Crippen LogP contribution in [0.2, 0.25) is 0 Å². The second-order valence-electron chi connectivity index (χ2n) is 6.71. The third-order valence-corrected chi connectivity index (χ3v) is 5.10. The van der Waals surface area contributed by atoms with Crippen LogP contribution in [-0.2, 0) is 13.0 Å². The van der Waals surface area contributed by atoms with E-state index in [-0.39, 0.29) is 5.92 Å². The van der Waals surface area contributed by atoms with Gasteiger partial charge in [-0.1, -0.05) is 36.4 Å². The van der Waals surface area contributed by atoms with Crippen LogP contribution in [0.25, 0.3) is 0 Å². The standard InChI is InChI=1S/C21H25N3O/c1-25-21-19(8-5-11-23-21)16-24-12-9-18(10-13-24)20(15-22)14-17-6-3-2-4-7-17/h2-8,11,18,20H,9-10,12-14,16H2,1H3. The number of hydrogen-bond donors (Lipinski definition) is 0. The highest BCUT2D eigenvalue weighted by Gasteiger charge is 2.27. The second-order valence-corrected chi connectivity index (χ2v) is 6.71. The molecule has 0 radical (unpaired) electrons. The Morgan fingerprint density at radius 3 is 2.64 bits per heavy atom. The minimum atomic E-state index is 0.109. The predicted octanol–water partition coefficient (Wildman–Crippen LogP) is 3.68. The zero-order valence-corrected chi connectivity index (χ0v) is 14.8. The van der Waals surface area contributed by atoms with Gasteiger partial charge in [-0.15, -0.1) is 0 Å². The number of rotatable bonds is 6. The van der Waals surface area contributed by atoms with Crippen molar-refractivity contribution in [3.8, 4) is 11.9 Å². The fraction of sp³-hybridized carbons (Fsp3) is 0.429. The van der Waals surface area contributed by atoms with Crippen molar-refractivity contribution in [3.05, 3.63) is 59.8 Å². The van der Waals surface area contributed by atoms with Crippen LogP contribution in [0, 0.1) is 23.2 Å². The van der Waals surface area contributed by atoms with Crippen LogP contribution in [0.1, 0.15) is 24.0 Å². The molecule has 2 aromatic rings. The smallest absolute Gasteiger partial charge is 0.217 e. The average molecular weight is 335 g/mol. The van der Waals surface area contributed by atoms with Gasteiger partial charge >= 0.3 is 0 Å². The number of benzene rings is 1. The molecule has 3 rings (SSSR count). The van der Waals surface area contributed by atoms with Crippen LogP contribution in [0.4, 0.5) is 0 Å². The SMILES string of the molecule is COc1ncccc1CN1CCC(C(C#N)Cc2ccccc2)CC1. The lowest BCUT2D eigenvalue weighted by Crippen LogP contribution is -2.36. The predicted molar refractivity (Wildman–Crippen MR) is 98.0 cm³/mol. The largest absolute Gasteiger partial charge is 0.481 e. The van der Waals surface area contributed by atoms with Gasteiger partial charge in [0, 0.05) is 18.3 Å². The molecule has 1 aromatic carbocycles. The summed E-state index contributed by atoms with van der Waals surface area (Å²) < 4.78 is 5.35. The minimum Gasteiger partial charge on any atom is -0.481 e. The summed E-state index contributed by atoms with van der Waals surface area (Å²) in [6, 6.07) is 16.9. The Balaban J connectivity index is 1.55. The number of aromatic nitrogens is 1. The number of pyridine rings is 1. The van der Waals surface area contributed by atoms with E-state index in [9.17, 15) is 5.26 Å². The molecule has 0 saturated carbocycles. The van der Waals surface area contributed by atoms with Crippen molar-refractivity contribution in [2.45, 2.75) is 25.8 Å². The van der Waals surface area contributed by atoms with Gasteiger partial charge in [-0.2, -0.15) is 5.26 Å². The molecule has 0 spiro atoms. The topological polar surface area (TPSA) is 49.1 Å². The fourth-order valence-corrected chi connectivity index (χ4v) is 3.67. The second kappa shape index (κ2) is 8.64. The van der Waals surface area contributed by atoms with E-state index in [2.05, 4.69) is 34.2 Å². The summed E-state index contributed by atoms with van der Waals surface area (Å²) in [7, 11) is 1.67. The van der Waals surface area contributed by atoms with Crippen LogP contribution in [-0.4, -0.2) is 30.1 Å². The Morgan fingerprint density at radius 1 is 1.20 bits per heavy atom. The van der Waals surface area contributed by atoms with Crippen LogP contribution in [0.15, 0.2) is 48.7 Å². The van der Waals surface area contributed by atoms with E-state index in [1.54, 1.807) is 13.3 Å². The summed E-state index contributed by atoms with van der Waals surface area (Å²) >= 11 is 0. The highest BCUT2D eigenvalue weighted by molar-refractivity contribution is 5.25.